The second kappa shape index (κ2) is 4.33. The van der Waals surface area contributed by atoms with Gasteiger partial charge < -0.3 is 5.11 Å². The van der Waals surface area contributed by atoms with Crippen molar-refractivity contribution in [2.45, 2.75) is 0 Å². The van der Waals surface area contributed by atoms with Crippen LogP contribution in [0, 0.1) is 0 Å². The molecule has 0 aliphatic rings. The zero-order valence-electron chi connectivity index (χ0n) is 8.22. The normalized spacial score (nSPS) is 10.1. The number of pyridine rings is 1. The molecule has 1 aromatic heterocycles. The molecule has 0 saturated carbocycles. The SMILES string of the molecule is O=C(O)c1ccnc(-c2cccc(Cl)c2)c1. The largest absolute Gasteiger partial charge is 0.478 e. The van der Waals surface area contributed by atoms with E-state index in [2.05, 4.69) is 4.98 Å². The van der Waals surface area contributed by atoms with Crippen molar-refractivity contribution in [3.05, 3.63) is 53.2 Å². The predicted octanol–water partition coefficient (Wildman–Crippen LogP) is 3.10. The molecule has 80 valence electrons. The van der Waals surface area contributed by atoms with E-state index in [1.165, 1.54) is 18.3 Å². The topological polar surface area (TPSA) is 50.2 Å². The summed E-state index contributed by atoms with van der Waals surface area (Å²) >= 11 is 5.85. The van der Waals surface area contributed by atoms with E-state index in [1.807, 2.05) is 6.07 Å². The van der Waals surface area contributed by atoms with Gasteiger partial charge in [0.25, 0.3) is 0 Å². The molecular formula is C12H8ClNO2. The number of benzene rings is 1. The molecule has 0 aliphatic heterocycles. The smallest absolute Gasteiger partial charge is 0.335 e. The van der Waals surface area contributed by atoms with Crippen LogP contribution < -0.4 is 0 Å². The number of hydrogen-bond donors (Lipinski definition) is 1. The predicted molar refractivity (Wildman–Crippen MR) is 61.6 cm³/mol. The van der Waals surface area contributed by atoms with E-state index in [9.17, 15) is 4.79 Å². The van der Waals surface area contributed by atoms with Crippen molar-refractivity contribution in [1.82, 2.24) is 4.98 Å². The Bertz CT molecular complexity index is 540. The third-order valence-corrected chi connectivity index (χ3v) is 2.36. The molecule has 0 fully saturated rings. The van der Waals surface area contributed by atoms with Crippen molar-refractivity contribution in [2.75, 3.05) is 0 Å². The first-order valence-electron chi connectivity index (χ1n) is 4.62. The van der Waals surface area contributed by atoms with E-state index in [-0.39, 0.29) is 5.56 Å². The Morgan fingerprint density at radius 1 is 1.25 bits per heavy atom. The number of nitrogens with zero attached hydrogens (tertiary/aromatic N) is 1. The number of carboxylic acids is 1. The number of rotatable bonds is 2. The second-order valence-corrected chi connectivity index (χ2v) is 3.68. The number of halogens is 1. The van der Waals surface area contributed by atoms with E-state index in [0.29, 0.717) is 10.7 Å². The summed E-state index contributed by atoms with van der Waals surface area (Å²) in [5.41, 5.74) is 1.61. The maximum atomic E-state index is 10.8. The van der Waals surface area contributed by atoms with Crippen molar-refractivity contribution < 1.29 is 9.90 Å². The molecule has 0 spiro atoms. The highest BCUT2D eigenvalue weighted by atomic mass is 35.5. The minimum absolute atomic E-state index is 0.213. The van der Waals surface area contributed by atoms with Gasteiger partial charge in [-0.15, -0.1) is 0 Å². The van der Waals surface area contributed by atoms with Crippen LogP contribution in [0.4, 0.5) is 0 Å². The first-order chi connectivity index (χ1) is 7.66. The maximum Gasteiger partial charge on any atom is 0.335 e. The molecule has 0 bridgehead atoms. The highest BCUT2D eigenvalue weighted by Gasteiger charge is 2.05. The summed E-state index contributed by atoms with van der Waals surface area (Å²) < 4.78 is 0. The molecule has 4 heteroatoms. The van der Waals surface area contributed by atoms with Gasteiger partial charge in [-0.25, -0.2) is 4.79 Å². The van der Waals surface area contributed by atoms with E-state index in [1.54, 1.807) is 18.2 Å². The molecule has 0 atom stereocenters. The molecule has 0 unspecified atom stereocenters. The van der Waals surface area contributed by atoms with Gasteiger partial charge in [0.1, 0.15) is 0 Å². The van der Waals surface area contributed by atoms with Crippen LogP contribution in [0.3, 0.4) is 0 Å². The molecule has 0 saturated heterocycles. The van der Waals surface area contributed by atoms with Gasteiger partial charge in [-0.05, 0) is 24.3 Å². The lowest BCUT2D eigenvalue weighted by Crippen LogP contribution is -1.97. The zero-order valence-corrected chi connectivity index (χ0v) is 8.98. The lowest BCUT2D eigenvalue weighted by Gasteiger charge is -2.02. The fraction of sp³-hybridized carbons (Fsp3) is 0. The van der Waals surface area contributed by atoms with E-state index in [0.717, 1.165) is 5.56 Å². The van der Waals surface area contributed by atoms with Crippen LogP contribution in [0.5, 0.6) is 0 Å². The fourth-order valence-corrected chi connectivity index (χ4v) is 1.56. The number of carbonyl (C=O) groups is 1. The zero-order chi connectivity index (χ0) is 11.5. The van der Waals surface area contributed by atoms with Crippen LogP contribution in [-0.4, -0.2) is 16.1 Å². The first-order valence-corrected chi connectivity index (χ1v) is 5.00. The van der Waals surface area contributed by atoms with E-state index in [4.69, 9.17) is 16.7 Å². The summed E-state index contributed by atoms with van der Waals surface area (Å²) in [4.78, 5) is 14.9. The first kappa shape index (κ1) is 10.6. The van der Waals surface area contributed by atoms with Gasteiger partial charge in [-0.1, -0.05) is 23.7 Å². The molecule has 1 N–H and O–H groups in total. The van der Waals surface area contributed by atoms with Crippen molar-refractivity contribution in [3.63, 3.8) is 0 Å². The van der Waals surface area contributed by atoms with Crippen molar-refractivity contribution in [3.8, 4) is 11.3 Å². The molecular weight excluding hydrogens is 226 g/mol. The van der Waals surface area contributed by atoms with Crippen LogP contribution in [0.1, 0.15) is 10.4 Å². The summed E-state index contributed by atoms with van der Waals surface area (Å²) in [5, 5.41) is 9.45. The molecule has 2 aromatic rings. The summed E-state index contributed by atoms with van der Waals surface area (Å²) in [7, 11) is 0. The Hall–Kier alpha value is -1.87. The third-order valence-electron chi connectivity index (χ3n) is 2.13. The molecule has 1 heterocycles. The quantitative estimate of drug-likeness (QED) is 0.867. The third kappa shape index (κ3) is 2.20. The monoisotopic (exact) mass is 233 g/mol. The van der Waals surface area contributed by atoms with Crippen molar-refractivity contribution in [1.29, 1.82) is 0 Å². The van der Waals surface area contributed by atoms with Gasteiger partial charge in [-0.2, -0.15) is 0 Å². The highest BCUT2D eigenvalue weighted by molar-refractivity contribution is 6.30. The Morgan fingerprint density at radius 3 is 2.75 bits per heavy atom. The molecule has 3 nitrogen and oxygen atoms in total. The van der Waals surface area contributed by atoms with Crippen LogP contribution in [0.25, 0.3) is 11.3 Å². The average molecular weight is 234 g/mol. The van der Waals surface area contributed by atoms with Gasteiger partial charge in [0, 0.05) is 16.8 Å². The molecule has 0 amide bonds. The van der Waals surface area contributed by atoms with Gasteiger partial charge in [0.2, 0.25) is 0 Å². The Balaban J connectivity index is 2.48. The standard InChI is InChI=1S/C12H8ClNO2/c13-10-3-1-2-8(6-10)11-7-9(12(15)16)4-5-14-11/h1-7H,(H,15,16). The second-order valence-electron chi connectivity index (χ2n) is 3.25. The minimum Gasteiger partial charge on any atom is -0.478 e. The average Bonchev–Trinajstić information content (AvgIpc) is 2.29. The number of aromatic carboxylic acids is 1. The Kier molecular flexibility index (Phi) is 2.88. The van der Waals surface area contributed by atoms with Crippen LogP contribution in [-0.2, 0) is 0 Å². The van der Waals surface area contributed by atoms with Crippen LogP contribution in [0.2, 0.25) is 5.02 Å². The minimum atomic E-state index is -0.967. The number of carboxylic acid groups (broad SMARTS) is 1. The summed E-state index contributed by atoms with van der Waals surface area (Å²) in [5.74, 6) is -0.967. The van der Waals surface area contributed by atoms with E-state index < -0.39 is 5.97 Å². The van der Waals surface area contributed by atoms with Crippen molar-refractivity contribution in [2.24, 2.45) is 0 Å². The number of hydrogen-bond acceptors (Lipinski definition) is 2. The van der Waals surface area contributed by atoms with Crippen LogP contribution in [0.15, 0.2) is 42.6 Å². The molecule has 0 radical (unpaired) electrons. The van der Waals surface area contributed by atoms with Gasteiger partial charge in [0.05, 0.1) is 11.3 Å². The Labute approximate surface area is 97.3 Å². The van der Waals surface area contributed by atoms with Crippen molar-refractivity contribution >= 4 is 17.6 Å². The molecule has 0 aliphatic carbocycles. The highest BCUT2D eigenvalue weighted by Crippen LogP contribution is 2.21. The maximum absolute atomic E-state index is 10.8. The summed E-state index contributed by atoms with van der Waals surface area (Å²) in [6.07, 6.45) is 1.47. The lowest BCUT2D eigenvalue weighted by atomic mass is 10.1. The Morgan fingerprint density at radius 2 is 2.06 bits per heavy atom. The number of aromatic nitrogens is 1. The molecule has 16 heavy (non-hydrogen) atoms. The van der Waals surface area contributed by atoms with Gasteiger partial charge in [-0.3, -0.25) is 4.98 Å². The van der Waals surface area contributed by atoms with Gasteiger partial charge >= 0.3 is 5.97 Å². The lowest BCUT2D eigenvalue weighted by molar-refractivity contribution is 0.0697. The summed E-state index contributed by atoms with van der Waals surface area (Å²) in [6, 6.07) is 10.1. The van der Waals surface area contributed by atoms with Gasteiger partial charge in [0.15, 0.2) is 0 Å². The molecule has 1 aromatic carbocycles. The van der Waals surface area contributed by atoms with Crippen LogP contribution >= 0.6 is 11.6 Å². The summed E-state index contributed by atoms with van der Waals surface area (Å²) in [6.45, 7) is 0. The fourth-order valence-electron chi connectivity index (χ4n) is 1.37. The van der Waals surface area contributed by atoms with E-state index >= 15 is 0 Å². The molecule has 2 rings (SSSR count).